The van der Waals surface area contributed by atoms with Crippen molar-refractivity contribution < 1.29 is 4.79 Å². The molecule has 1 aromatic heterocycles. The van der Waals surface area contributed by atoms with Gasteiger partial charge in [0.2, 0.25) is 0 Å². The normalized spacial score (nSPS) is 21.5. The van der Waals surface area contributed by atoms with E-state index in [9.17, 15) is 4.79 Å². The largest absolute Gasteiger partial charge is 0.337 e. The van der Waals surface area contributed by atoms with Crippen LogP contribution in [0.3, 0.4) is 0 Å². The third kappa shape index (κ3) is 2.88. The number of amides is 2. The summed E-state index contributed by atoms with van der Waals surface area (Å²) >= 11 is 0. The first-order valence-corrected chi connectivity index (χ1v) is 8.78. The fourth-order valence-electron chi connectivity index (χ4n) is 3.80. The third-order valence-corrected chi connectivity index (χ3v) is 5.42. The molecule has 24 heavy (non-hydrogen) atoms. The molecule has 1 aliphatic heterocycles. The molecule has 1 unspecified atom stereocenters. The summed E-state index contributed by atoms with van der Waals surface area (Å²) in [5, 5.41) is 3.20. The molecule has 1 saturated carbocycles. The van der Waals surface area contributed by atoms with E-state index in [1.165, 1.54) is 11.1 Å². The van der Waals surface area contributed by atoms with Crippen LogP contribution in [0.15, 0.2) is 54.9 Å². The Morgan fingerprint density at radius 1 is 1.17 bits per heavy atom. The number of aromatic nitrogens is 1. The lowest BCUT2D eigenvalue weighted by atomic mass is 9.96. The molecule has 2 amide bonds. The van der Waals surface area contributed by atoms with Gasteiger partial charge in [0.1, 0.15) is 0 Å². The van der Waals surface area contributed by atoms with Crippen LogP contribution in [-0.4, -0.2) is 29.0 Å². The molecule has 4 heteroatoms. The summed E-state index contributed by atoms with van der Waals surface area (Å²) in [5.74, 6) is 0. The van der Waals surface area contributed by atoms with Gasteiger partial charge in [-0.2, -0.15) is 0 Å². The average Bonchev–Trinajstić information content (AvgIpc) is 3.28. The molecule has 0 spiro atoms. The van der Waals surface area contributed by atoms with Crippen molar-refractivity contribution in [3.8, 4) is 0 Å². The van der Waals surface area contributed by atoms with Crippen molar-refractivity contribution in [1.29, 1.82) is 0 Å². The van der Waals surface area contributed by atoms with Crippen LogP contribution in [0.2, 0.25) is 0 Å². The second-order valence-corrected chi connectivity index (χ2v) is 6.94. The van der Waals surface area contributed by atoms with Crippen LogP contribution in [-0.2, 0) is 5.41 Å². The zero-order valence-corrected chi connectivity index (χ0v) is 13.8. The number of pyridine rings is 1. The van der Waals surface area contributed by atoms with Crippen molar-refractivity contribution >= 4 is 6.03 Å². The van der Waals surface area contributed by atoms with Crippen molar-refractivity contribution in [3.63, 3.8) is 0 Å². The molecule has 2 fully saturated rings. The molecule has 1 saturated heterocycles. The van der Waals surface area contributed by atoms with Crippen molar-refractivity contribution in [1.82, 2.24) is 15.2 Å². The number of likely N-dealkylation sites (tertiary alicyclic amines) is 1. The summed E-state index contributed by atoms with van der Waals surface area (Å²) < 4.78 is 0. The highest BCUT2D eigenvalue weighted by Crippen LogP contribution is 2.47. The number of nitrogens with zero attached hydrogens (tertiary/aromatic N) is 2. The lowest BCUT2D eigenvalue weighted by Gasteiger charge is -2.26. The summed E-state index contributed by atoms with van der Waals surface area (Å²) in [4.78, 5) is 18.8. The van der Waals surface area contributed by atoms with Gasteiger partial charge in [0, 0.05) is 30.9 Å². The van der Waals surface area contributed by atoms with Gasteiger partial charge in [-0.1, -0.05) is 30.3 Å². The first-order chi connectivity index (χ1) is 11.8. The lowest BCUT2D eigenvalue weighted by molar-refractivity contribution is 0.192. The molecule has 1 atom stereocenters. The van der Waals surface area contributed by atoms with E-state index in [2.05, 4.69) is 34.6 Å². The minimum atomic E-state index is 0.0662. The second-order valence-electron chi connectivity index (χ2n) is 6.94. The molecule has 1 aliphatic carbocycles. The predicted molar refractivity (Wildman–Crippen MR) is 93.7 cm³/mol. The van der Waals surface area contributed by atoms with Crippen molar-refractivity contribution in [2.45, 2.75) is 37.1 Å². The highest BCUT2D eigenvalue weighted by molar-refractivity contribution is 5.75. The zero-order chi connectivity index (χ0) is 16.4. The number of urea groups is 1. The highest BCUT2D eigenvalue weighted by atomic mass is 16.2. The third-order valence-electron chi connectivity index (χ3n) is 5.42. The minimum absolute atomic E-state index is 0.0662. The summed E-state index contributed by atoms with van der Waals surface area (Å²) in [5.41, 5.74) is 2.68. The SMILES string of the molecule is O=C(NCC1(c2ccccc2)CC1)N1CCCC1c1ccncc1. The summed E-state index contributed by atoms with van der Waals surface area (Å²) in [6.07, 6.45) is 8.01. The molecule has 1 aromatic carbocycles. The Morgan fingerprint density at radius 3 is 2.62 bits per heavy atom. The van der Waals surface area contributed by atoms with Gasteiger partial charge in [0.15, 0.2) is 0 Å². The highest BCUT2D eigenvalue weighted by Gasteiger charge is 2.44. The first kappa shape index (κ1) is 15.2. The maximum atomic E-state index is 12.7. The molecule has 2 aliphatic rings. The fraction of sp³-hybridized carbons (Fsp3) is 0.400. The average molecular weight is 321 g/mol. The van der Waals surface area contributed by atoms with Gasteiger partial charge in [0.25, 0.3) is 0 Å². The predicted octanol–water partition coefficient (Wildman–Crippen LogP) is 3.66. The Morgan fingerprint density at radius 2 is 1.92 bits per heavy atom. The van der Waals surface area contributed by atoms with E-state index in [-0.39, 0.29) is 17.5 Å². The summed E-state index contributed by atoms with van der Waals surface area (Å²) in [7, 11) is 0. The van der Waals surface area contributed by atoms with Gasteiger partial charge < -0.3 is 10.2 Å². The van der Waals surface area contributed by atoms with Crippen LogP contribution in [0.1, 0.15) is 42.9 Å². The van der Waals surface area contributed by atoms with Gasteiger partial charge in [-0.3, -0.25) is 4.98 Å². The molecule has 1 N–H and O–H groups in total. The standard InChI is InChI=1S/C20H23N3O/c24-19(22-15-20(10-11-20)17-5-2-1-3-6-17)23-14-4-7-18(23)16-8-12-21-13-9-16/h1-3,5-6,8-9,12-13,18H,4,7,10-11,14-15H2,(H,22,24). The van der Waals surface area contributed by atoms with Crippen LogP contribution in [0.5, 0.6) is 0 Å². The number of hydrogen-bond donors (Lipinski definition) is 1. The van der Waals surface area contributed by atoms with Crippen molar-refractivity contribution in [3.05, 3.63) is 66.0 Å². The molecule has 4 rings (SSSR count). The summed E-state index contributed by atoms with van der Waals surface area (Å²) in [6, 6.07) is 14.8. The topological polar surface area (TPSA) is 45.2 Å². The van der Waals surface area contributed by atoms with Crippen LogP contribution in [0, 0.1) is 0 Å². The van der Waals surface area contributed by atoms with Gasteiger partial charge in [-0.25, -0.2) is 4.79 Å². The van der Waals surface area contributed by atoms with Crippen molar-refractivity contribution in [2.75, 3.05) is 13.1 Å². The first-order valence-electron chi connectivity index (χ1n) is 8.78. The molecule has 0 bridgehead atoms. The van der Waals surface area contributed by atoms with Gasteiger partial charge in [-0.15, -0.1) is 0 Å². The maximum Gasteiger partial charge on any atom is 0.317 e. The van der Waals surface area contributed by atoms with Crippen LogP contribution >= 0.6 is 0 Å². The van der Waals surface area contributed by atoms with E-state index in [1.807, 2.05) is 23.1 Å². The van der Waals surface area contributed by atoms with E-state index in [4.69, 9.17) is 0 Å². The molecular weight excluding hydrogens is 298 g/mol. The van der Waals surface area contributed by atoms with Crippen LogP contribution in [0.4, 0.5) is 4.79 Å². The number of carbonyl (C=O) groups excluding carboxylic acids is 1. The van der Waals surface area contributed by atoms with E-state index in [0.29, 0.717) is 0 Å². The minimum Gasteiger partial charge on any atom is -0.337 e. The van der Waals surface area contributed by atoms with Gasteiger partial charge in [0.05, 0.1) is 6.04 Å². The Balaban J connectivity index is 1.41. The molecule has 2 aromatic rings. The quantitative estimate of drug-likeness (QED) is 0.934. The van der Waals surface area contributed by atoms with E-state index in [1.54, 1.807) is 12.4 Å². The molecule has 2 heterocycles. The van der Waals surface area contributed by atoms with E-state index < -0.39 is 0 Å². The van der Waals surface area contributed by atoms with E-state index in [0.717, 1.165) is 38.8 Å². The molecule has 0 radical (unpaired) electrons. The maximum absolute atomic E-state index is 12.7. The summed E-state index contributed by atoms with van der Waals surface area (Å²) in [6.45, 7) is 1.56. The number of nitrogens with one attached hydrogen (secondary N) is 1. The zero-order valence-electron chi connectivity index (χ0n) is 13.8. The van der Waals surface area contributed by atoms with Crippen LogP contribution in [0.25, 0.3) is 0 Å². The molecular formula is C20H23N3O. The second kappa shape index (κ2) is 6.27. The lowest BCUT2D eigenvalue weighted by Crippen LogP contribution is -2.42. The van der Waals surface area contributed by atoms with Gasteiger partial charge in [-0.05, 0) is 48.9 Å². The number of benzene rings is 1. The van der Waals surface area contributed by atoms with Crippen molar-refractivity contribution in [2.24, 2.45) is 0 Å². The Hall–Kier alpha value is -2.36. The van der Waals surface area contributed by atoms with Crippen LogP contribution < -0.4 is 5.32 Å². The Bertz CT molecular complexity index is 697. The monoisotopic (exact) mass is 321 g/mol. The Kier molecular flexibility index (Phi) is 3.97. The Labute approximate surface area is 142 Å². The number of hydrogen-bond acceptors (Lipinski definition) is 2. The van der Waals surface area contributed by atoms with Gasteiger partial charge >= 0.3 is 6.03 Å². The molecule has 124 valence electrons. The van der Waals surface area contributed by atoms with E-state index >= 15 is 0 Å². The smallest absolute Gasteiger partial charge is 0.317 e. The fourth-order valence-corrected chi connectivity index (χ4v) is 3.80. The number of carbonyl (C=O) groups is 1. The molecule has 4 nitrogen and oxygen atoms in total. The number of rotatable bonds is 4.